The number of sulfonamides is 1. The van der Waals surface area contributed by atoms with Crippen molar-refractivity contribution < 1.29 is 22.7 Å². The van der Waals surface area contributed by atoms with E-state index >= 15 is 0 Å². The first-order valence-electron chi connectivity index (χ1n) is 11.4. The molecular formula is C23H29N5O5S. The molecule has 4 rings (SSSR count). The number of piperidine rings is 1. The van der Waals surface area contributed by atoms with Crippen molar-refractivity contribution in [2.75, 3.05) is 25.0 Å². The highest BCUT2D eigenvalue weighted by molar-refractivity contribution is 7.89. The lowest BCUT2D eigenvalue weighted by molar-refractivity contribution is -0.138. The molecule has 0 unspecified atom stereocenters. The van der Waals surface area contributed by atoms with E-state index in [1.807, 2.05) is 0 Å². The van der Waals surface area contributed by atoms with E-state index in [0.717, 1.165) is 30.9 Å². The molecule has 1 amide bonds. The Morgan fingerprint density at radius 2 is 1.91 bits per heavy atom. The zero-order chi connectivity index (χ0) is 24.1. The number of nitrogens with two attached hydrogens (primary N) is 1. The molecule has 1 fully saturated rings. The lowest BCUT2D eigenvalue weighted by atomic mass is 9.92. The van der Waals surface area contributed by atoms with E-state index in [1.54, 1.807) is 18.2 Å². The van der Waals surface area contributed by atoms with E-state index in [4.69, 9.17) is 15.5 Å². The minimum absolute atomic E-state index is 0.0296. The van der Waals surface area contributed by atoms with Crippen LogP contribution in [0.15, 0.2) is 47.4 Å². The standard InChI is InChI=1S/C23H29N5O5S/c24-20(27-34(31,32)18-6-2-1-3-7-18)15-21(29)33-23(30)28-13-10-16(11-14-28)19-9-8-17-5-4-12-25-22(17)26-19/h1-3,6-9,16,20,27H,4-5,10-15,24H2,(H,25,26)/t20-/m0/s1. The van der Waals surface area contributed by atoms with Crippen LogP contribution in [-0.4, -0.2) is 56.2 Å². The molecule has 2 aliphatic rings. The summed E-state index contributed by atoms with van der Waals surface area (Å²) >= 11 is 0. The number of aromatic nitrogens is 1. The number of carbonyl (C=O) groups is 2. The second-order valence-electron chi connectivity index (χ2n) is 8.52. The topological polar surface area (TPSA) is 144 Å². The zero-order valence-corrected chi connectivity index (χ0v) is 19.6. The molecule has 10 nitrogen and oxygen atoms in total. The highest BCUT2D eigenvalue weighted by atomic mass is 32.2. The Morgan fingerprint density at radius 3 is 2.65 bits per heavy atom. The first-order valence-corrected chi connectivity index (χ1v) is 12.9. The van der Waals surface area contributed by atoms with Gasteiger partial charge in [0, 0.05) is 31.2 Å². The molecule has 1 aromatic heterocycles. The van der Waals surface area contributed by atoms with Crippen molar-refractivity contribution in [1.82, 2.24) is 14.6 Å². The molecule has 2 aliphatic heterocycles. The summed E-state index contributed by atoms with van der Waals surface area (Å²) in [6, 6.07) is 11.9. The third-order valence-corrected chi connectivity index (χ3v) is 7.54. The van der Waals surface area contributed by atoms with Gasteiger partial charge in [-0.25, -0.2) is 18.2 Å². The predicted octanol–water partition coefficient (Wildman–Crippen LogP) is 1.94. The number of rotatable bonds is 6. The Morgan fingerprint density at radius 1 is 1.18 bits per heavy atom. The number of carbonyl (C=O) groups excluding carboxylic acids is 2. The molecular weight excluding hydrogens is 458 g/mol. The van der Waals surface area contributed by atoms with Gasteiger partial charge >= 0.3 is 12.1 Å². The summed E-state index contributed by atoms with van der Waals surface area (Å²) in [5.41, 5.74) is 8.00. The van der Waals surface area contributed by atoms with Crippen LogP contribution in [0.4, 0.5) is 10.6 Å². The lowest BCUT2D eigenvalue weighted by Gasteiger charge is -2.31. The molecule has 34 heavy (non-hydrogen) atoms. The summed E-state index contributed by atoms with van der Waals surface area (Å²) in [6.07, 6.45) is 1.13. The van der Waals surface area contributed by atoms with Crippen molar-refractivity contribution in [3.8, 4) is 0 Å². The number of aryl methyl sites for hydroxylation is 1. The van der Waals surface area contributed by atoms with Gasteiger partial charge < -0.3 is 20.7 Å². The van der Waals surface area contributed by atoms with E-state index in [0.29, 0.717) is 25.9 Å². The Kier molecular flexibility index (Phi) is 7.44. The molecule has 0 spiro atoms. The summed E-state index contributed by atoms with van der Waals surface area (Å²) in [7, 11) is -3.88. The van der Waals surface area contributed by atoms with Gasteiger partial charge in [-0.1, -0.05) is 24.3 Å². The molecule has 182 valence electrons. The van der Waals surface area contributed by atoms with Gasteiger partial charge in [-0.2, -0.15) is 4.72 Å². The van der Waals surface area contributed by atoms with Crippen LogP contribution in [0, 0.1) is 0 Å². The maximum Gasteiger partial charge on any atom is 0.417 e. The van der Waals surface area contributed by atoms with Crippen LogP contribution in [0.2, 0.25) is 0 Å². The molecule has 2 aromatic rings. The number of likely N-dealkylation sites (tertiary alicyclic amines) is 1. The lowest BCUT2D eigenvalue weighted by Crippen LogP contribution is -2.44. The summed E-state index contributed by atoms with van der Waals surface area (Å²) in [5.74, 6) is 0.294. The Labute approximate surface area is 198 Å². The van der Waals surface area contributed by atoms with Crippen LogP contribution in [0.25, 0.3) is 0 Å². The number of fused-ring (bicyclic) bond motifs is 1. The van der Waals surface area contributed by atoms with Gasteiger partial charge in [-0.05, 0) is 49.4 Å². The number of hydrogen-bond donors (Lipinski definition) is 3. The van der Waals surface area contributed by atoms with Crippen molar-refractivity contribution >= 4 is 27.9 Å². The first-order chi connectivity index (χ1) is 16.3. The third kappa shape index (κ3) is 5.91. The Hall–Kier alpha value is -3.02. The first kappa shape index (κ1) is 24.1. The van der Waals surface area contributed by atoms with Crippen LogP contribution in [0.3, 0.4) is 0 Å². The van der Waals surface area contributed by atoms with Gasteiger partial charge in [0.25, 0.3) is 0 Å². The van der Waals surface area contributed by atoms with Gasteiger partial charge in [0.15, 0.2) is 0 Å². The SMILES string of the molecule is N[C@H](CC(=O)OC(=O)N1CCC(c2ccc3c(n2)NCCC3)CC1)NS(=O)(=O)c1ccccc1. The van der Waals surface area contributed by atoms with Gasteiger partial charge in [-0.15, -0.1) is 0 Å². The molecule has 0 radical (unpaired) electrons. The smallest absolute Gasteiger partial charge is 0.376 e. The minimum atomic E-state index is -3.88. The zero-order valence-electron chi connectivity index (χ0n) is 18.8. The van der Waals surface area contributed by atoms with Gasteiger partial charge in [0.1, 0.15) is 5.82 Å². The molecule has 1 saturated heterocycles. The fraction of sp³-hybridized carbons (Fsp3) is 0.435. The number of anilines is 1. The van der Waals surface area contributed by atoms with Gasteiger partial charge in [0.2, 0.25) is 10.0 Å². The van der Waals surface area contributed by atoms with Crippen LogP contribution in [0.1, 0.15) is 42.9 Å². The fourth-order valence-electron chi connectivity index (χ4n) is 4.22. The van der Waals surface area contributed by atoms with Crippen molar-refractivity contribution in [2.24, 2.45) is 5.73 Å². The van der Waals surface area contributed by atoms with Crippen LogP contribution >= 0.6 is 0 Å². The average molecular weight is 488 g/mol. The number of esters is 1. The number of hydrogen-bond acceptors (Lipinski definition) is 8. The highest BCUT2D eigenvalue weighted by Crippen LogP contribution is 2.30. The fourth-order valence-corrected chi connectivity index (χ4v) is 5.35. The summed E-state index contributed by atoms with van der Waals surface area (Å²) in [6.45, 7) is 1.81. The van der Waals surface area contributed by atoms with Crippen LogP contribution in [-0.2, 0) is 26.0 Å². The number of amides is 1. The Bertz CT molecular complexity index is 1130. The molecule has 0 saturated carbocycles. The number of ether oxygens (including phenoxy) is 1. The number of nitrogens with one attached hydrogen (secondary N) is 2. The molecule has 0 bridgehead atoms. The van der Waals surface area contributed by atoms with Crippen molar-refractivity contribution in [3.05, 3.63) is 53.7 Å². The summed E-state index contributed by atoms with van der Waals surface area (Å²) in [4.78, 5) is 30.8. The van der Waals surface area contributed by atoms with Crippen molar-refractivity contribution in [2.45, 2.75) is 49.1 Å². The number of pyridine rings is 1. The van der Waals surface area contributed by atoms with E-state index in [9.17, 15) is 18.0 Å². The molecule has 1 aromatic carbocycles. The largest absolute Gasteiger partial charge is 0.417 e. The molecule has 3 heterocycles. The monoisotopic (exact) mass is 487 g/mol. The van der Waals surface area contributed by atoms with E-state index in [-0.39, 0.29) is 10.8 Å². The van der Waals surface area contributed by atoms with Crippen molar-refractivity contribution in [3.63, 3.8) is 0 Å². The molecule has 11 heteroatoms. The second-order valence-corrected chi connectivity index (χ2v) is 10.2. The van der Waals surface area contributed by atoms with Gasteiger partial charge in [-0.3, -0.25) is 4.79 Å². The quantitative estimate of drug-likeness (QED) is 0.319. The van der Waals surface area contributed by atoms with Gasteiger partial charge in [0.05, 0.1) is 17.5 Å². The van der Waals surface area contributed by atoms with E-state index < -0.39 is 34.7 Å². The van der Waals surface area contributed by atoms with E-state index in [1.165, 1.54) is 22.6 Å². The maximum atomic E-state index is 12.4. The summed E-state index contributed by atoms with van der Waals surface area (Å²) < 4.78 is 31.7. The second kappa shape index (κ2) is 10.5. The number of nitrogens with zero attached hydrogens (tertiary/aromatic N) is 2. The van der Waals surface area contributed by atoms with Crippen LogP contribution < -0.4 is 15.8 Å². The summed E-state index contributed by atoms with van der Waals surface area (Å²) in [5, 5.41) is 3.34. The molecule has 4 N–H and O–H groups in total. The predicted molar refractivity (Wildman–Crippen MR) is 125 cm³/mol. The maximum absolute atomic E-state index is 12.4. The highest BCUT2D eigenvalue weighted by Gasteiger charge is 2.28. The average Bonchev–Trinajstić information content (AvgIpc) is 2.84. The Balaban J connectivity index is 1.24. The van der Waals surface area contributed by atoms with Crippen molar-refractivity contribution in [1.29, 1.82) is 0 Å². The molecule has 1 atom stereocenters. The van der Waals surface area contributed by atoms with E-state index in [2.05, 4.69) is 22.2 Å². The third-order valence-electron chi connectivity index (χ3n) is 6.03. The normalized spacial score (nSPS) is 17.4. The number of benzene rings is 1. The minimum Gasteiger partial charge on any atom is -0.376 e. The van der Waals surface area contributed by atoms with Crippen LogP contribution in [0.5, 0.6) is 0 Å². The molecule has 0 aliphatic carbocycles.